The van der Waals surface area contributed by atoms with Crippen molar-refractivity contribution in [3.63, 3.8) is 0 Å². The van der Waals surface area contributed by atoms with Crippen LogP contribution in [0.1, 0.15) is 30.3 Å². The number of rotatable bonds is 3. The first kappa shape index (κ1) is 16.6. The van der Waals surface area contributed by atoms with Crippen LogP contribution < -0.4 is 10.2 Å². The average molecular weight is 345 g/mol. The van der Waals surface area contributed by atoms with Gasteiger partial charge in [0.05, 0.1) is 5.52 Å². The number of anilines is 2. The van der Waals surface area contributed by atoms with Crippen LogP contribution in [0, 0.1) is 5.92 Å². The Kier molecular flexibility index (Phi) is 4.57. The zero-order valence-electron chi connectivity index (χ0n) is 15.0. The molecule has 1 saturated heterocycles. The molecule has 0 atom stereocenters. The molecule has 0 radical (unpaired) electrons. The van der Waals surface area contributed by atoms with Gasteiger partial charge in [-0.2, -0.15) is 0 Å². The quantitative estimate of drug-likeness (QED) is 0.747. The Morgan fingerprint density at radius 3 is 2.50 bits per heavy atom. The van der Waals surface area contributed by atoms with Crippen LogP contribution in [-0.2, 0) is 0 Å². The fraction of sp³-hybridized carbons (Fsp3) is 0.273. The normalized spacial score (nSPS) is 15.2. The van der Waals surface area contributed by atoms with E-state index in [0.29, 0.717) is 5.69 Å². The summed E-state index contributed by atoms with van der Waals surface area (Å²) in [6, 6.07) is 19.6. The topological polar surface area (TPSA) is 45.2 Å². The van der Waals surface area contributed by atoms with Gasteiger partial charge in [0.15, 0.2) is 0 Å². The van der Waals surface area contributed by atoms with Crippen LogP contribution in [0.2, 0.25) is 0 Å². The van der Waals surface area contributed by atoms with E-state index in [2.05, 4.69) is 34.3 Å². The summed E-state index contributed by atoms with van der Waals surface area (Å²) in [5.41, 5.74) is 3.27. The summed E-state index contributed by atoms with van der Waals surface area (Å²) in [6.07, 6.45) is 2.48. The number of hydrogen-bond acceptors (Lipinski definition) is 3. The van der Waals surface area contributed by atoms with Gasteiger partial charge in [-0.15, -0.1) is 0 Å². The van der Waals surface area contributed by atoms with Crippen LogP contribution in [0.25, 0.3) is 10.9 Å². The molecule has 4 rings (SSSR count). The third kappa shape index (κ3) is 3.54. The van der Waals surface area contributed by atoms with Crippen molar-refractivity contribution in [3.05, 3.63) is 66.4 Å². The summed E-state index contributed by atoms with van der Waals surface area (Å²) >= 11 is 0. The van der Waals surface area contributed by atoms with E-state index in [1.807, 2.05) is 42.5 Å². The number of carbonyl (C=O) groups excluding carboxylic acids is 1. The maximum Gasteiger partial charge on any atom is 0.274 e. The highest BCUT2D eigenvalue weighted by Gasteiger charge is 2.16. The number of benzene rings is 2. The van der Waals surface area contributed by atoms with Crippen LogP contribution in [0.5, 0.6) is 0 Å². The minimum absolute atomic E-state index is 0.185. The molecule has 0 spiro atoms. The summed E-state index contributed by atoms with van der Waals surface area (Å²) in [5.74, 6) is 0.634. The molecule has 1 N–H and O–H groups in total. The van der Waals surface area contributed by atoms with E-state index in [9.17, 15) is 4.79 Å². The number of piperidine rings is 1. The van der Waals surface area contributed by atoms with Crippen molar-refractivity contribution in [2.24, 2.45) is 5.92 Å². The average Bonchev–Trinajstić information content (AvgIpc) is 2.69. The van der Waals surface area contributed by atoms with Crippen molar-refractivity contribution in [2.45, 2.75) is 19.8 Å². The fourth-order valence-corrected chi connectivity index (χ4v) is 3.41. The third-order valence-electron chi connectivity index (χ3n) is 5.11. The second kappa shape index (κ2) is 7.16. The third-order valence-corrected chi connectivity index (χ3v) is 5.11. The van der Waals surface area contributed by atoms with E-state index < -0.39 is 0 Å². The molecule has 0 unspecified atom stereocenters. The molecule has 1 fully saturated rings. The van der Waals surface area contributed by atoms with Crippen molar-refractivity contribution in [3.8, 4) is 0 Å². The van der Waals surface area contributed by atoms with Gasteiger partial charge in [-0.05, 0) is 55.2 Å². The molecular formula is C22H23N3O. The highest BCUT2D eigenvalue weighted by atomic mass is 16.1. The Morgan fingerprint density at radius 1 is 1.00 bits per heavy atom. The van der Waals surface area contributed by atoms with Crippen LogP contribution in [0.15, 0.2) is 60.7 Å². The number of para-hydroxylation sites is 1. The van der Waals surface area contributed by atoms with Crippen molar-refractivity contribution < 1.29 is 4.79 Å². The molecule has 1 aliphatic heterocycles. The fourth-order valence-electron chi connectivity index (χ4n) is 3.41. The smallest absolute Gasteiger partial charge is 0.274 e. The molecule has 1 aromatic heterocycles. The molecule has 1 aliphatic rings. The van der Waals surface area contributed by atoms with Gasteiger partial charge < -0.3 is 10.2 Å². The lowest BCUT2D eigenvalue weighted by Gasteiger charge is -2.32. The molecule has 2 aromatic carbocycles. The molecule has 132 valence electrons. The van der Waals surface area contributed by atoms with Gasteiger partial charge in [-0.3, -0.25) is 4.79 Å². The maximum atomic E-state index is 12.5. The lowest BCUT2D eigenvalue weighted by molar-refractivity contribution is 0.102. The molecule has 26 heavy (non-hydrogen) atoms. The van der Waals surface area contributed by atoms with E-state index in [-0.39, 0.29) is 5.91 Å². The molecule has 2 heterocycles. The molecule has 1 amide bonds. The predicted octanol–water partition coefficient (Wildman–Crippen LogP) is 4.72. The van der Waals surface area contributed by atoms with E-state index in [1.165, 1.54) is 18.5 Å². The van der Waals surface area contributed by atoms with Crippen LogP contribution in [0.4, 0.5) is 11.4 Å². The second-order valence-electron chi connectivity index (χ2n) is 7.06. The summed E-state index contributed by atoms with van der Waals surface area (Å²) in [7, 11) is 0. The number of fused-ring (bicyclic) bond motifs is 1. The Hall–Kier alpha value is -2.88. The Labute approximate surface area is 153 Å². The van der Waals surface area contributed by atoms with Gasteiger partial charge in [-0.1, -0.05) is 31.2 Å². The van der Waals surface area contributed by atoms with Gasteiger partial charge >= 0.3 is 0 Å². The van der Waals surface area contributed by atoms with E-state index in [0.717, 1.165) is 35.6 Å². The van der Waals surface area contributed by atoms with Crippen LogP contribution in [-0.4, -0.2) is 24.0 Å². The second-order valence-corrected chi connectivity index (χ2v) is 7.06. The summed E-state index contributed by atoms with van der Waals surface area (Å²) in [4.78, 5) is 19.4. The number of amides is 1. The monoisotopic (exact) mass is 345 g/mol. The van der Waals surface area contributed by atoms with Gasteiger partial charge in [0, 0.05) is 29.9 Å². The standard InChI is InChI=1S/C22H23N3O/c1-16-12-14-25(15-13-16)19-9-7-18(8-10-19)23-22(26)21-11-6-17-4-2-3-5-20(17)24-21/h2-11,16H,12-15H2,1H3,(H,23,26). The van der Waals surface area contributed by atoms with E-state index >= 15 is 0 Å². The van der Waals surface area contributed by atoms with Gasteiger partial charge in [-0.25, -0.2) is 4.98 Å². The van der Waals surface area contributed by atoms with Crippen molar-refractivity contribution >= 4 is 28.2 Å². The number of pyridine rings is 1. The first-order valence-corrected chi connectivity index (χ1v) is 9.21. The molecule has 0 aliphatic carbocycles. The number of aromatic nitrogens is 1. The molecule has 4 heteroatoms. The van der Waals surface area contributed by atoms with Crippen molar-refractivity contribution in [1.29, 1.82) is 0 Å². The highest BCUT2D eigenvalue weighted by Crippen LogP contribution is 2.24. The molecule has 0 saturated carbocycles. The van der Waals surface area contributed by atoms with Crippen LogP contribution >= 0.6 is 0 Å². The Morgan fingerprint density at radius 2 is 1.73 bits per heavy atom. The zero-order valence-corrected chi connectivity index (χ0v) is 15.0. The minimum atomic E-state index is -0.185. The Bertz CT molecular complexity index is 912. The highest BCUT2D eigenvalue weighted by molar-refractivity contribution is 6.04. The summed E-state index contributed by atoms with van der Waals surface area (Å²) < 4.78 is 0. The number of carbonyl (C=O) groups is 1. The van der Waals surface area contributed by atoms with Crippen LogP contribution in [0.3, 0.4) is 0 Å². The van der Waals surface area contributed by atoms with E-state index in [1.54, 1.807) is 6.07 Å². The first-order valence-electron chi connectivity index (χ1n) is 9.21. The van der Waals surface area contributed by atoms with Gasteiger partial charge in [0.25, 0.3) is 5.91 Å². The lowest BCUT2D eigenvalue weighted by Crippen LogP contribution is -2.32. The minimum Gasteiger partial charge on any atom is -0.372 e. The predicted molar refractivity (Wildman–Crippen MR) is 107 cm³/mol. The molecule has 0 bridgehead atoms. The Balaban J connectivity index is 1.45. The maximum absolute atomic E-state index is 12.5. The van der Waals surface area contributed by atoms with Crippen molar-refractivity contribution in [2.75, 3.05) is 23.3 Å². The summed E-state index contributed by atoms with van der Waals surface area (Å²) in [5, 5.41) is 3.97. The van der Waals surface area contributed by atoms with Gasteiger partial charge in [0.2, 0.25) is 0 Å². The van der Waals surface area contributed by atoms with Crippen molar-refractivity contribution in [1.82, 2.24) is 4.98 Å². The lowest BCUT2D eigenvalue weighted by atomic mass is 9.99. The number of hydrogen-bond donors (Lipinski definition) is 1. The molecule has 3 aromatic rings. The summed E-state index contributed by atoms with van der Waals surface area (Å²) in [6.45, 7) is 4.53. The molecule has 4 nitrogen and oxygen atoms in total. The SMILES string of the molecule is CC1CCN(c2ccc(NC(=O)c3ccc4ccccc4n3)cc2)CC1. The van der Waals surface area contributed by atoms with E-state index in [4.69, 9.17) is 0 Å². The molecular weight excluding hydrogens is 322 g/mol. The number of nitrogens with one attached hydrogen (secondary N) is 1. The largest absolute Gasteiger partial charge is 0.372 e. The first-order chi connectivity index (χ1) is 12.7. The van der Waals surface area contributed by atoms with Gasteiger partial charge in [0.1, 0.15) is 5.69 Å². The number of nitrogens with zero attached hydrogens (tertiary/aromatic N) is 2. The zero-order chi connectivity index (χ0) is 17.9.